The molecule has 0 heterocycles. The number of methoxy groups -OCH3 is 1. The van der Waals surface area contributed by atoms with E-state index in [0.29, 0.717) is 5.56 Å². The molecule has 0 fully saturated rings. The smallest absolute Gasteiger partial charge is 0.170 e. The molecule has 0 aliphatic rings. The summed E-state index contributed by atoms with van der Waals surface area (Å²) in [5, 5.41) is 0. The number of hydrogen-bond donors (Lipinski definition) is 0. The molecule has 0 amide bonds. The lowest BCUT2D eigenvalue weighted by atomic mass is 9.99. The Balaban J connectivity index is 2.31. The largest absolute Gasteiger partial charge is 0.496 e. The van der Waals surface area contributed by atoms with E-state index in [1.807, 2.05) is 32.0 Å². The average molecular weight is 351 g/mol. The number of Topliss-reactive ketones (excluding diaryl/α,β-unsaturated/α-hetero) is 1. The van der Waals surface area contributed by atoms with Crippen molar-refractivity contribution in [2.75, 3.05) is 7.11 Å². The molecule has 0 saturated carbocycles. The molecule has 2 aromatic rings. The predicted octanol–water partition coefficient (Wildman–Crippen LogP) is 4.64. The average Bonchev–Trinajstić information content (AvgIpc) is 2.45. The van der Waals surface area contributed by atoms with Gasteiger partial charge in [-0.15, -0.1) is 0 Å². The van der Waals surface area contributed by atoms with Crippen LogP contribution in [0.1, 0.15) is 27.0 Å². The minimum Gasteiger partial charge on any atom is -0.496 e. The van der Waals surface area contributed by atoms with Gasteiger partial charge in [-0.2, -0.15) is 0 Å². The highest BCUT2D eigenvalue weighted by atomic mass is 79.9. The first kappa shape index (κ1) is 15.7. The van der Waals surface area contributed by atoms with Gasteiger partial charge in [0.2, 0.25) is 0 Å². The summed E-state index contributed by atoms with van der Waals surface area (Å²) in [5.74, 6) is -0.296. The van der Waals surface area contributed by atoms with E-state index in [9.17, 15) is 9.18 Å². The molecule has 0 unspecified atom stereocenters. The van der Waals surface area contributed by atoms with Gasteiger partial charge < -0.3 is 4.74 Å². The van der Waals surface area contributed by atoms with E-state index in [1.54, 1.807) is 0 Å². The number of ketones is 1. The van der Waals surface area contributed by atoms with Crippen LogP contribution in [-0.4, -0.2) is 12.9 Å². The molecule has 0 bridgehead atoms. The van der Waals surface area contributed by atoms with Crippen LogP contribution in [0.2, 0.25) is 0 Å². The maximum atomic E-state index is 13.5. The number of carbonyl (C=O) groups is 1. The van der Waals surface area contributed by atoms with E-state index < -0.39 is 5.82 Å². The van der Waals surface area contributed by atoms with Crippen LogP contribution in [0, 0.1) is 19.7 Å². The monoisotopic (exact) mass is 350 g/mol. The molecule has 2 aromatic carbocycles. The number of hydrogen-bond acceptors (Lipinski definition) is 2. The van der Waals surface area contributed by atoms with Crippen molar-refractivity contribution in [3.05, 3.63) is 62.9 Å². The molecule has 110 valence electrons. The van der Waals surface area contributed by atoms with Crippen molar-refractivity contribution in [1.29, 1.82) is 0 Å². The van der Waals surface area contributed by atoms with Gasteiger partial charge in [0.25, 0.3) is 0 Å². The maximum absolute atomic E-state index is 13.5. The Morgan fingerprint density at radius 1 is 1.19 bits per heavy atom. The van der Waals surface area contributed by atoms with Crippen LogP contribution in [0.15, 0.2) is 34.8 Å². The van der Waals surface area contributed by atoms with Gasteiger partial charge in [0.1, 0.15) is 11.6 Å². The third-order valence-electron chi connectivity index (χ3n) is 3.48. The Morgan fingerprint density at radius 2 is 1.90 bits per heavy atom. The van der Waals surface area contributed by atoms with Crippen molar-refractivity contribution < 1.29 is 13.9 Å². The number of aryl methyl sites for hydroxylation is 2. The van der Waals surface area contributed by atoms with Gasteiger partial charge in [-0.3, -0.25) is 4.79 Å². The highest BCUT2D eigenvalue weighted by Gasteiger charge is 2.16. The third-order valence-corrected chi connectivity index (χ3v) is 4.09. The lowest BCUT2D eigenvalue weighted by molar-refractivity contribution is 0.0990. The third kappa shape index (κ3) is 3.50. The van der Waals surface area contributed by atoms with E-state index in [2.05, 4.69) is 15.9 Å². The quantitative estimate of drug-likeness (QED) is 0.751. The van der Waals surface area contributed by atoms with Crippen LogP contribution in [0.4, 0.5) is 4.39 Å². The van der Waals surface area contributed by atoms with Crippen LogP contribution < -0.4 is 4.74 Å². The highest BCUT2D eigenvalue weighted by molar-refractivity contribution is 9.10. The highest BCUT2D eigenvalue weighted by Crippen LogP contribution is 2.27. The summed E-state index contributed by atoms with van der Waals surface area (Å²) in [6, 6.07) is 8.62. The number of carbonyl (C=O) groups excluding carboxylic acids is 1. The predicted molar refractivity (Wildman–Crippen MR) is 84.6 cm³/mol. The van der Waals surface area contributed by atoms with E-state index in [1.165, 1.54) is 24.8 Å². The first-order chi connectivity index (χ1) is 9.92. The molecule has 4 heteroatoms. The van der Waals surface area contributed by atoms with Crippen LogP contribution in [0.5, 0.6) is 5.75 Å². The van der Waals surface area contributed by atoms with Gasteiger partial charge in [-0.25, -0.2) is 4.39 Å². The van der Waals surface area contributed by atoms with Crippen LogP contribution >= 0.6 is 15.9 Å². The molecule has 0 spiro atoms. The second kappa shape index (κ2) is 6.39. The summed E-state index contributed by atoms with van der Waals surface area (Å²) in [6.07, 6.45) is 0.259. The van der Waals surface area contributed by atoms with E-state index in [-0.39, 0.29) is 22.4 Å². The first-order valence-corrected chi connectivity index (χ1v) is 7.34. The second-order valence-electron chi connectivity index (χ2n) is 4.99. The Hall–Kier alpha value is -1.68. The van der Waals surface area contributed by atoms with Crippen molar-refractivity contribution in [1.82, 2.24) is 0 Å². The van der Waals surface area contributed by atoms with Gasteiger partial charge >= 0.3 is 0 Å². The summed E-state index contributed by atoms with van der Waals surface area (Å²) >= 11 is 3.10. The maximum Gasteiger partial charge on any atom is 0.170 e. The topological polar surface area (TPSA) is 26.3 Å². The van der Waals surface area contributed by atoms with Gasteiger partial charge in [0.05, 0.1) is 17.1 Å². The summed E-state index contributed by atoms with van der Waals surface area (Å²) < 4.78 is 18.9. The van der Waals surface area contributed by atoms with Crippen molar-refractivity contribution in [2.45, 2.75) is 20.3 Å². The number of ether oxygens (including phenoxy) is 1. The normalized spacial score (nSPS) is 10.5. The van der Waals surface area contributed by atoms with Crippen LogP contribution in [-0.2, 0) is 6.42 Å². The van der Waals surface area contributed by atoms with Crippen molar-refractivity contribution in [2.24, 2.45) is 0 Å². The Kier molecular flexibility index (Phi) is 4.78. The van der Waals surface area contributed by atoms with Crippen molar-refractivity contribution >= 4 is 21.7 Å². The SMILES string of the molecule is COc1cc(F)c(Br)cc1C(=O)Cc1ccc(C)c(C)c1. The Morgan fingerprint density at radius 3 is 2.52 bits per heavy atom. The molecule has 0 aliphatic carbocycles. The fraction of sp³-hybridized carbons (Fsp3) is 0.235. The second-order valence-corrected chi connectivity index (χ2v) is 5.84. The first-order valence-electron chi connectivity index (χ1n) is 6.54. The van der Waals surface area contributed by atoms with E-state index in [0.717, 1.165) is 11.1 Å². The molecule has 0 radical (unpaired) electrons. The molecule has 0 aromatic heterocycles. The summed E-state index contributed by atoms with van der Waals surface area (Å²) in [6.45, 7) is 4.04. The lowest BCUT2D eigenvalue weighted by Gasteiger charge is -2.10. The molecular formula is C17H16BrFO2. The Bertz CT molecular complexity index is 695. The van der Waals surface area contributed by atoms with Crippen LogP contribution in [0.25, 0.3) is 0 Å². The van der Waals surface area contributed by atoms with E-state index in [4.69, 9.17) is 4.74 Å². The molecule has 0 saturated heterocycles. The van der Waals surface area contributed by atoms with Gasteiger partial charge in [0, 0.05) is 12.5 Å². The lowest BCUT2D eigenvalue weighted by Crippen LogP contribution is -2.07. The summed E-state index contributed by atoms with van der Waals surface area (Å²) in [5.41, 5.74) is 3.65. The zero-order valence-electron chi connectivity index (χ0n) is 12.2. The minimum absolute atomic E-state index is 0.101. The van der Waals surface area contributed by atoms with Crippen molar-refractivity contribution in [3.63, 3.8) is 0 Å². The van der Waals surface area contributed by atoms with Gasteiger partial charge in [-0.05, 0) is 52.5 Å². The van der Waals surface area contributed by atoms with Gasteiger partial charge in [0.15, 0.2) is 5.78 Å². The molecule has 2 nitrogen and oxygen atoms in total. The number of benzene rings is 2. The van der Waals surface area contributed by atoms with Crippen LogP contribution in [0.3, 0.4) is 0 Å². The molecule has 0 aliphatic heterocycles. The standard InChI is InChI=1S/C17H16BrFO2/c1-10-4-5-12(6-11(10)2)7-16(20)13-8-14(18)15(19)9-17(13)21-3/h4-6,8-9H,7H2,1-3H3. The fourth-order valence-corrected chi connectivity index (χ4v) is 2.45. The number of halogens is 2. The summed E-state index contributed by atoms with van der Waals surface area (Å²) in [7, 11) is 1.43. The fourth-order valence-electron chi connectivity index (χ4n) is 2.11. The molecule has 21 heavy (non-hydrogen) atoms. The number of rotatable bonds is 4. The minimum atomic E-state index is -0.449. The zero-order chi connectivity index (χ0) is 15.6. The van der Waals surface area contributed by atoms with Crippen molar-refractivity contribution in [3.8, 4) is 5.75 Å². The Labute approximate surface area is 132 Å². The molecule has 2 rings (SSSR count). The molecule has 0 atom stereocenters. The zero-order valence-corrected chi connectivity index (χ0v) is 13.8. The molecular weight excluding hydrogens is 335 g/mol. The molecule has 0 N–H and O–H groups in total. The van der Waals surface area contributed by atoms with Gasteiger partial charge in [-0.1, -0.05) is 18.2 Å². The van der Waals surface area contributed by atoms with E-state index >= 15 is 0 Å². The summed E-state index contributed by atoms with van der Waals surface area (Å²) in [4.78, 5) is 12.4.